The molecule has 1 aromatic heterocycles. The fourth-order valence-corrected chi connectivity index (χ4v) is 3.88. The van der Waals surface area contributed by atoms with Gasteiger partial charge in [0.05, 0.1) is 17.2 Å². The van der Waals surface area contributed by atoms with Gasteiger partial charge in [-0.3, -0.25) is 0 Å². The van der Waals surface area contributed by atoms with E-state index in [1.807, 2.05) is 6.92 Å². The van der Waals surface area contributed by atoms with E-state index in [0.29, 0.717) is 12.5 Å². The first-order chi connectivity index (χ1) is 12.0. The van der Waals surface area contributed by atoms with Crippen molar-refractivity contribution in [2.75, 3.05) is 52.9 Å². The molecule has 1 saturated heterocycles. The van der Waals surface area contributed by atoms with Gasteiger partial charge in [-0.1, -0.05) is 6.92 Å². The summed E-state index contributed by atoms with van der Waals surface area (Å²) in [5.41, 5.74) is 1.10. The fourth-order valence-electron chi connectivity index (χ4n) is 3.02. The summed E-state index contributed by atoms with van der Waals surface area (Å²) in [6, 6.07) is 0. The van der Waals surface area contributed by atoms with Gasteiger partial charge < -0.3 is 20.4 Å². The molecule has 2 heterocycles. The second-order valence-electron chi connectivity index (χ2n) is 7.03. The summed E-state index contributed by atoms with van der Waals surface area (Å²) in [7, 11) is 2.20. The highest BCUT2D eigenvalue weighted by atomic mass is 32.1. The molecule has 25 heavy (non-hydrogen) atoms. The predicted octanol–water partition coefficient (Wildman–Crippen LogP) is 1.70. The molecule has 1 aliphatic rings. The fraction of sp³-hybridized carbons (Fsp3) is 0.778. The number of aromatic nitrogens is 1. The topological polar surface area (TPSA) is 55.8 Å². The highest BCUT2D eigenvalue weighted by Crippen LogP contribution is 2.17. The number of nitrogens with zero attached hydrogens (tertiary/aromatic N) is 4. The molecule has 7 heteroatoms. The molecule has 2 rings (SSSR count). The van der Waals surface area contributed by atoms with Crippen LogP contribution in [-0.2, 0) is 6.54 Å². The third-order valence-corrected chi connectivity index (χ3v) is 5.57. The van der Waals surface area contributed by atoms with Gasteiger partial charge in [-0.05, 0) is 33.7 Å². The molecule has 142 valence electrons. The number of piperazine rings is 1. The first-order valence-corrected chi connectivity index (χ1v) is 10.2. The van der Waals surface area contributed by atoms with Gasteiger partial charge in [0.15, 0.2) is 5.96 Å². The first kappa shape index (κ1) is 20.1. The molecular weight excluding hydrogens is 332 g/mol. The van der Waals surface area contributed by atoms with E-state index in [1.54, 1.807) is 11.3 Å². The van der Waals surface area contributed by atoms with Crippen LogP contribution in [0.4, 0.5) is 0 Å². The summed E-state index contributed by atoms with van der Waals surface area (Å²) in [6.45, 7) is 16.9. The molecule has 0 spiro atoms. The number of aryl methyl sites for hydroxylation is 2. The quantitative estimate of drug-likeness (QED) is 0.568. The lowest BCUT2D eigenvalue weighted by Gasteiger charge is -2.34. The number of nitrogens with one attached hydrogen (secondary N) is 2. The highest BCUT2D eigenvalue weighted by Gasteiger charge is 2.16. The van der Waals surface area contributed by atoms with Crippen LogP contribution in [0.15, 0.2) is 4.99 Å². The van der Waals surface area contributed by atoms with Crippen molar-refractivity contribution in [2.45, 2.75) is 34.2 Å². The largest absolute Gasteiger partial charge is 0.357 e. The number of aliphatic imine (C=N–C) groups is 1. The van der Waals surface area contributed by atoms with Gasteiger partial charge in [-0.15, -0.1) is 11.3 Å². The van der Waals surface area contributed by atoms with Gasteiger partial charge in [-0.2, -0.15) is 0 Å². The zero-order valence-electron chi connectivity index (χ0n) is 16.4. The Balaban J connectivity index is 1.79. The molecule has 1 fully saturated rings. The summed E-state index contributed by atoms with van der Waals surface area (Å²) in [4.78, 5) is 15.4. The zero-order valence-corrected chi connectivity index (χ0v) is 17.2. The van der Waals surface area contributed by atoms with E-state index in [4.69, 9.17) is 4.99 Å². The summed E-state index contributed by atoms with van der Waals surface area (Å²) in [5, 5.41) is 7.96. The predicted molar refractivity (Wildman–Crippen MR) is 108 cm³/mol. The Morgan fingerprint density at radius 2 is 1.96 bits per heavy atom. The van der Waals surface area contributed by atoms with Crippen molar-refractivity contribution in [3.05, 3.63) is 15.6 Å². The van der Waals surface area contributed by atoms with Crippen LogP contribution < -0.4 is 10.6 Å². The molecule has 1 atom stereocenters. The van der Waals surface area contributed by atoms with Crippen molar-refractivity contribution in [3.8, 4) is 0 Å². The summed E-state index contributed by atoms with van der Waals surface area (Å²) >= 11 is 1.74. The number of hydrogen-bond donors (Lipinski definition) is 2. The van der Waals surface area contributed by atoms with Crippen LogP contribution in [-0.4, -0.2) is 73.6 Å². The van der Waals surface area contributed by atoms with Crippen molar-refractivity contribution in [3.63, 3.8) is 0 Å². The molecule has 0 aliphatic carbocycles. The number of thiazole rings is 1. The van der Waals surface area contributed by atoms with Crippen molar-refractivity contribution < 1.29 is 0 Å². The zero-order chi connectivity index (χ0) is 18.2. The third kappa shape index (κ3) is 6.92. The molecule has 6 nitrogen and oxygen atoms in total. The summed E-state index contributed by atoms with van der Waals surface area (Å²) < 4.78 is 0. The minimum Gasteiger partial charge on any atom is -0.357 e. The van der Waals surface area contributed by atoms with E-state index in [-0.39, 0.29) is 0 Å². The van der Waals surface area contributed by atoms with E-state index in [1.165, 1.54) is 31.1 Å². The minimum atomic E-state index is 0.597. The molecule has 0 radical (unpaired) electrons. The molecule has 0 amide bonds. The van der Waals surface area contributed by atoms with Gasteiger partial charge in [0.25, 0.3) is 0 Å². The Morgan fingerprint density at radius 1 is 1.24 bits per heavy atom. The highest BCUT2D eigenvalue weighted by molar-refractivity contribution is 7.11. The van der Waals surface area contributed by atoms with Crippen LogP contribution in [0.5, 0.6) is 0 Å². The lowest BCUT2D eigenvalue weighted by molar-refractivity contribution is 0.139. The normalized spacial score (nSPS) is 18.4. The number of rotatable bonds is 7. The maximum absolute atomic E-state index is 4.73. The molecule has 1 unspecified atom stereocenters. The molecule has 0 saturated carbocycles. The van der Waals surface area contributed by atoms with Crippen LogP contribution in [0, 0.1) is 19.8 Å². The van der Waals surface area contributed by atoms with Gasteiger partial charge in [-0.25, -0.2) is 9.98 Å². The monoisotopic (exact) mass is 366 g/mol. The average molecular weight is 367 g/mol. The Kier molecular flexibility index (Phi) is 8.12. The van der Waals surface area contributed by atoms with Gasteiger partial charge in [0, 0.05) is 50.7 Å². The maximum Gasteiger partial charge on any atom is 0.191 e. The molecule has 2 N–H and O–H groups in total. The lowest BCUT2D eigenvalue weighted by atomic mass is 10.1. The summed E-state index contributed by atoms with van der Waals surface area (Å²) in [6.07, 6.45) is 0. The molecule has 0 bridgehead atoms. The second kappa shape index (κ2) is 10.1. The van der Waals surface area contributed by atoms with Crippen molar-refractivity contribution >= 4 is 17.3 Å². The smallest absolute Gasteiger partial charge is 0.191 e. The van der Waals surface area contributed by atoms with Gasteiger partial charge >= 0.3 is 0 Å². The third-order valence-electron chi connectivity index (χ3n) is 4.51. The van der Waals surface area contributed by atoms with Crippen LogP contribution in [0.25, 0.3) is 0 Å². The molecule has 1 aromatic rings. The van der Waals surface area contributed by atoms with Gasteiger partial charge in [0.1, 0.15) is 0 Å². The van der Waals surface area contributed by atoms with E-state index < -0.39 is 0 Å². The van der Waals surface area contributed by atoms with E-state index in [2.05, 4.69) is 53.2 Å². The number of guanidine groups is 1. The van der Waals surface area contributed by atoms with E-state index >= 15 is 0 Å². The average Bonchev–Trinajstić information content (AvgIpc) is 2.90. The summed E-state index contributed by atoms with van der Waals surface area (Å²) in [5.74, 6) is 1.50. The minimum absolute atomic E-state index is 0.597. The van der Waals surface area contributed by atoms with Crippen molar-refractivity contribution in [1.82, 2.24) is 25.4 Å². The van der Waals surface area contributed by atoms with Crippen LogP contribution in [0.3, 0.4) is 0 Å². The van der Waals surface area contributed by atoms with Crippen molar-refractivity contribution in [1.29, 1.82) is 0 Å². The van der Waals surface area contributed by atoms with Crippen LogP contribution >= 0.6 is 11.3 Å². The van der Waals surface area contributed by atoms with Crippen LogP contribution in [0.2, 0.25) is 0 Å². The Labute approximate surface area is 156 Å². The lowest BCUT2D eigenvalue weighted by Crippen LogP contribution is -2.47. The Morgan fingerprint density at radius 3 is 2.56 bits per heavy atom. The maximum atomic E-state index is 4.73. The van der Waals surface area contributed by atoms with E-state index in [9.17, 15) is 0 Å². The van der Waals surface area contributed by atoms with Crippen LogP contribution in [0.1, 0.15) is 29.4 Å². The number of hydrogen-bond acceptors (Lipinski definition) is 5. The molecule has 0 aromatic carbocycles. The standard InChI is InChI=1S/C18H34N6S/c1-6-19-18(21-12-17-15(3)22-16(4)25-17)20-11-14(2)13-24-9-7-23(5)8-10-24/h14H,6-13H2,1-5H3,(H2,19,20,21). The number of likely N-dealkylation sites (N-methyl/N-ethyl adjacent to an activating group) is 1. The SMILES string of the molecule is CCNC(=NCc1sc(C)nc1C)NCC(C)CN1CCN(C)CC1. The molecular formula is C18H34N6S. The second-order valence-corrected chi connectivity index (χ2v) is 8.31. The van der Waals surface area contributed by atoms with E-state index in [0.717, 1.165) is 36.3 Å². The Hall–Kier alpha value is -1.18. The van der Waals surface area contributed by atoms with Crippen molar-refractivity contribution in [2.24, 2.45) is 10.9 Å². The first-order valence-electron chi connectivity index (χ1n) is 9.34. The molecule has 1 aliphatic heterocycles. The Bertz CT molecular complexity index is 548. The van der Waals surface area contributed by atoms with Gasteiger partial charge in [0.2, 0.25) is 0 Å².